The first-order valence-corrected chi connectivity index (χ1v) is 12.8. The van der Waals surface area contributed by atoms with Crippen molar-refractivity contribution in [2.75, 3.05) is 19.4 Å². The number of rotatable bonds is 11. The molecule has 39 heavy (non-hydrogen) atoms. The Morgan fingerprint density at radius 1 is 1.08 bits per heavy atom. The van der Waals surface area contributed by atoms with Gasteiger partial charge in [-0.05, 0) is 43.0 Å². The van der Waals surface area contributed by atoms with Crippen LogP contribution in [-0.2, 0) is 24.6 Å². The van der Waals surface area contributed by atoms with Crippen molar-refractivity contribution in [2.45, 2.75) is 78.9 Å². The molecule has 3 amide bonds. The Hall–Kier alpha value is -3.44. The summed E-state index contributed by atoms with van der Waals surface area (Å²) in [5.74, 6) is 3.08. The molecule has 0 aliphatic rings. The van der Waals surface area contributed by atoms with Crippen LogP contribution in [0.15, 0.2) is 35.9 Å². The number of hydrogen-bond donors (Lipinski definition) is 5. The molecule has 3 atom stereocenters. The van der Waals surface area contributed by atoms with Crippen LogP contribution in [0.5, 0.6) is 0 Å². The number of nitrogens with two attached hydrogens (primary N) is 1. The number of carbonyl (C=O) groups excluding carboxylic acids is 3. The summed E-state index contributed by atoms with van der Waals surface area (Å²) in [6.45, 7) is 14.6. The number of anilines is 1. The van der Waals surface area contributed by atoms with E-state index in [-0.39, 0.29) is 23.3 Å². The first-order chi connectivity index (χ1) is 17.9. The summed E-state index contributed by atoms with van der Waals surface area (Å²) in [5.41, 5.74) is -0.0967. The van der Waals surface area contributed by atoms with Gasteiger partial charge in [-0.3, -0.25) is 14.9 Å². The molecule has 0 unspecified atom stereocenters. The lowest BCUT2D eigenvalue weighted by atomic mass is 9.76. The van der Waals surface area contributed by atoms with Crippen LogP contribution in [0, 0.1) is 11.3 Å². The van der Waals surface area contributed by atoms with Crippen LogP contribution in [0.25, 0.3) is 0 Å². The van der Waals surface area contributed by atoms with Crippen LogP contribution in [0.4, 0.5) is 10.5 Å². The quantitative estimate of drug-likeness (QED) is 0.208. The number of carboxylic acids is 1. The number of likely N-dealkylation sites (N-methyl/N-ethyl adjacent to an activating group) is 2. The zero-order valence-electron chi connectivity index (χ0n) is 24.7. The maximum Gasteiger partial charge on any atom is 0.430 e. The maximum absolute atomic E-state index is 13.8. The summed E-state index contributed by atoms with van der Waals surface area (Å²) < 4.78 is 0. The van der Waals surface area contributed by atoms with E-state index in [1.165, 1.54) is 11.8 Å². The van der Waals surface area contributed by atoms with Gasteiger partial charge in [-0.25, -0.2) is 9.59 Å². The standard InChI is InChI=1S/C28H45N5O6/c1-16(2)20(14-17(3)25(36)37)33(10)24(35)22(27(4,5)6)32-23(34)21(30-9)28(7,8)18-12-11-13-19(15-18)31-26(38)39-29/h11-16,20-22,30H,29H2,1-10H3,(H,31,38)(H,32,34)(H,36,37)/b17-14+/t20-,21-,22-/m1/s1. The molecule has 1 rings (SSSR count). The molecule has 1 aromatic rings. The summed E-state index contributed by atoms with van der Waals surface area (Å²) in [5, 5.41) is 17.9. The highest BCUT2D eigenvalue weighted by Gasteiger charge is 2.41. The van der Waals surface area contributed by atoms with Crippen LogP contribution >= 0.6 is 0 Å². The summed E-state index contributed by atoms with van der Waals surface area (Å²) in [4.78, 5) is 56.2. The highest BCUT2D eigenvalue weighted by molar-refractivity contribution is 5.92. The molecule has 0 aromatic heterocycles. The molecule has 218 valence electrons. The molecule has 0 aliphatic heterocycles. The predicted octanol–water partition coefficient (Wildman–Crippen LogP) is 3.02. The summed E-state index contributed by atoms with van der Waals surface area (Å²) in [6.07, 6.45) is 0.740. The van der Waals surface area contributed by atoms with E-state index in [0.717, 1.165) is 5.56 Å². The summed E-state index contributed by atoms with van der Waals surface area (Å²) in [6, 6.07) is 4.83. The van der Waals surface area contributed by atoms with Crippen molar-refractivity contribution in [2.24, 2.45) is 17.2 Å². The zero-order chi connectivity index (χ0) is 30.3. The van der Waals surface area contributed by atoms with Gasteiger partial charge in [0, 0.05) is 23.7 Å². The maximum atomic E-state index is 13.8. The van der Waals surface area contributed by atoms with Gasteiger partial charge < -0.3 is 25.5 Å². The first kappa shape index (κ1) is 33.6. The predicted molar refractivity (Wildman–Crippen MR) is 151 cm³/mol. The number of carboxylic acid groups (broad SMARTS) is 1. The molecule has 11 nitrogen and oxygen atoms in total. The monoisotopic (exact) mass is 547 g/mol. The summed E-state index contributed by atoms with van der Waals surface area (Å²) >= 11 is 0. The molecule has 6 N–H and O–H groups in total. The molecule has 0 radical (unpaired) electrons. The molecule has 0 heterocycles. The molecular weight excluding hydrogens is 502 g/mol. The van der Waals surface area contributed by atoms with Gasteiger partial charge in [0.25, 0.3) is 0 Å². The lowest BCUT2D eigenvalue weighted by Gasteiger charge is -2.40. The van der Waals surface area contributed by atoms with Gasteiger partial charge in [-0.2, -0.15) is 5.90 Å². The number of carbonyl (C=O) groups is 4. The molecule has 0 spiro atoms. The SMILES string of the molecule is CN[C@H](C(=O)N[C@H](C(=O)N(C)[C@H](/C=C(\C)C(=O)O)C(C)C)C(C)(C)C)C(C)(C)c1cccc(NC(=O)ON)c1. The largest absolute Gasteiger partial charge is 0.478 e. The highest BCUT2D eigenvalue weighted by Crippen LogP contribution is 2.30. The van der Waals surface area contributed by atoms with E-state index in [9.17, 15) is 24.3 Å². The molecule has 11 heteroatoms. The van der Waals surface area contributed by atoms with Gasteiger partial charge >= 0.3 is 12.1 Å². The van der Waals surface area contributed by atoms with Gasteiger partial charge in [-0.15, -0.1) is 0 Å². The average Bonchev–Trinajstić information content (AvgIpc) is 2.84. The number of nitrogens with one attached hydrogen (secondary N) is 3. The van der Waals surface area contributed by atoms with Crippen LogP contribution in [0.3, 0.4) is 0 Å². The number of hydrogen-bond acceptors (Lipinski definition) is 7. The van der Waals surface area contributed by atoms with Gasteiger partial charge in [-0.1, -0.05) is 66.7 Å². The average molecular weight is 548 g/mol. The van der Waals surface area contributed by atoms with Crippen molar-refractivity contribution in [3.05, 3.63) is 41.5 Å². The molecule has 0 saturated carbocycles. The first-order valence-electron chi connectivity index (χ1n) is 12.8. The van der Waals surface area contributed by atoms with E-state index < -0.39 is 41.0 Å². The Morgan fingerprint density at radius 2 is 1.67 bits per heavy atom. The molecule has 0 aliphatic carbocycles. The molecular formula is C28H45N5O6. The molecule has 0 saturated heterocycles. The van der Waals surface area contributed by atoms with E-state index in [4.69, 9.17) is 5.90 Å². The Balaban J connectivity index is 3.35. The van der Waals surface area contributed by atoms with E-state index >= 15 is 0 Å². The Bertz CT molecular complexity index is 1080. The Labute approximate surface area is 231 Å². The molecule has 1 aromatic carbocycles. The minimum Gasteiger partial charge on any atom is -0.478 e. The lowest BCUT2D eigenvalue weighted by Crippen LogP contribution is -2.61. The number of amides is 3. The van der Waals surface area contributed by atoms with Gasteiger partial charge in [0.05, 0.1) is 12.1 Å². The van der Waals surface area contributed by atoms with Gasteiger partial charge in [0.15, 0.2) is 0 Å². The number of benzene rings is 1. The van der Waals surface area contributed by atoms with E-state index in [0.29, 0.717) is 5.69 Å². The van der Waals surface area contributed by atoms with Crippen molar-refractivity contribution in [1.29, 1.82) is 0 Å². The second-order valence-electron chi connectivity index (χ2n) is 11.7. The van der Waals surface area contributed by atoms with Crippen LogP contribution < -0.4 is 21.8 Å². The topological polar surface area (TPSA) is 163 Å². The second kappa shape index (κ2) is 13.6. The van der Waals surface area contributed by atoms with E-state index in [1.54, 1.807) is 38.4 Å². The van der Waals surface area contributed by atoms with Gasteiger partial charge in [0.2, 0.25) is 11.8 Å². The third kappa shape index (κ3) is 8.79. The normalized spacial score (nSPS) is 14.7. The van der Waals surface area contributed by atoms with E-state index in [1.807, 2.05) is 54.5 Å². The van der Waals surface area contributed by atoms with Crippen molar-refractivity contribution >= 4 is 29.6 Å². The fraction of sp³-hybridized carbons (Fsp3) is 0.571. The minimum absolute atomic E-state index is 0.0639. The zero-order valence-corrected chi connectivity index (χ0v) is 24.7. The highest BCUT2D eigenvalue weighted by atomic mass is 16.7. The number of aliphatic carboxylic acids is 1. The summed E-state index contributed by atoms with van der Waals surface area (Å²) in [7, 11) is 3.28. The van der Waals surface area contributed by atoms with Crippen LogP contribution in [0.1, 0.15) is 61.0 Å². The van der Waals surface area contributed by atoms with Crippen molar-refractivity contribution in [1.82, 2.24) is 15.5 Å². The third-order valence-electron chi connectivity index (χ3n) is 6.87. The Kier molecular flexibility index (Phi) is 11.7. The fourth-order valence-electron chi connectivity index (χ4n) is 4.44. The molecule has 0 bridgehead atoms. The van der Waals surface area contributed by atoms with Crippen molar-refractivity contribution < 1.29 is 29.1 Å². The number of nitrogens with zero attached hydrogens (tertiary/aromatic N) is 1. The smallest absolute Gasteiger partial charge is 0.430 e. The van der Waals surface area contributed by atoms with Crippen molar-refractivity contribution in [3.63, 3.8) is 0 Å². The molecule has 0 fully saturated rings. The van der Waals surface area contributed by atoms with Crippen molar-refractivity contribution in [3.8, 4) is 0 Å². The van der Waals surface area contributed by atoms with E-state index in [2.05, 4.69) is 20.8 Å². The fourth-order valence-corrected chi connectivity index (χ4v) is 4.44. The third-order valence-corrected chi connectivity index (χ3v) is 6.87. The minimum atomic E-state index is -1.06. The van der Waals surface area contributed by atoms with Crippen LogP contribution in [-0.4, -0.2) is 66.1 Å². The lowest BCUT2D eigenvalue weighted by molar-refractivity contribution is -0.141. The van der Waals surface area contributed by atoms with Crippen LogP contribution in [0.2, 0.25) is 0 Å². The Morgan fingerprint density at radius 3 is 2.13 bits per heavy atom. The van der Waals surface area contributed by atoms with Gasteiger partial charge in [0.1, 0.15) is 6.04 Å². The second-order valence-corrected chi connectivity index (χ2v) is 11.7.